The Bertz CT molecular complexity index is 384. The largest absolute Gasteiger partial charge is 0.381 e. The van der Waals surface area contributed by atoms with E-state index in [9.17, 15) is 0 Å². The van der Waals surface area contributed by atoms with E-state index in [4.69, 9.17) is 9.72 Å². The molecule has 0 aromatic carbocycles. The van der Waals surface area contributed by atoms with Gasteiger partial charge in [-0.15, -0.1) is 0 Å². The van der Waals surface area contributed by atoms with Gasteiger partial charge in [-0.25, -0.2) is 0 Å². The van der Waals surface area contributed by atoms with Gasteiger partial charge in [0.2, 0.25) is 0 Å². The van der Waals surface area contributed by atoms with Crippen molar-refractivity contribution in [2.24, 2.45) is 0 Å². The van der Waals surface area contributed by atoms with Gasteiger partial charge in [0.1, 0.15) is 0 Å². The lowest BCUT2D eigenvalue weighted by Gasteiger charge is -2.16. The minimum atomic E-state index is 0.556. The summed E-state index contributed by atoms with van der Waals surface area (Å²) in [4.78, 5) is 7.04. The van der Waals surface area contributed by atoms with E-state index in [0.29, 0.717) is 5.92 Å². The van der Waals surface area contributed by atoms with Crippen molar-refractivity contribution in [2.75, 3.05) is 33.9 Å². The number of hydrogen-bond donors (Lipinski definition) is 0. The van der Waals surface area contributed by atoms with Gasteiger partial charge >= 0.3 is 0 Å². The van der Waals surface area contributed by atoms with Crippen LogP contribution in [0.15, 0.2) is 12.1 Å². The number of likely N-dealkylation sites (N-methyl/N-ethyl adjacent to an activating group) is 1. The highest BCUT2D eigenvalue weighted by Gasteiger charge is 2.21. The molecule has 2 rings (SSSR count). The van der Waals surface area contributed by atoms with Crippen LogP contribution >= 0.6 is 0 Å². The molecule has 1 aliphatic heterocycles. The van der Waals surface area contributed by atoms with Gasteiger partial charge in [-0.2, -0.15) is 0 Å². The number of hydrogen-bond acceptors (Lipinski definition) is 3. The molecule has 0 unspecified atom stereocenters. The molecule has 1 aromatic rings. The van der Waals surface area contributed by atoms with Crippen molar-refractivity contribution in [2.45, 2.75) is 32.1 Å². The number of pyridine rings is 1. The molecular formula is C15H24N2O. The molecule has 0 saturated carbocycles. The zero-order valence-corrected chi connectivity index (χ0v) is 11.8. The van der Waals surface area contributed by atoms with Gasteiger partial charge in [-0.3, -0.25) is 4.98 Å². The van der Waals surface area contributed by atoms with Crippen LogP contribution in [0.5, 0.6) is 0 Å². The third-order valence-corrected chi connectivity index (χ3v) is 3.59. The number of aryl methyl sites for hydroxylation is 1. The summed E-state index contributed by atoms with van der Waals surface area (Å²) in [6, 6.07) is 4.45. The molecule has 1 saturated heterocycles. The summed E-state index contributed by atoms with van der Waals surface area (Å²) in [6.07, 6.45) is 3.19. The first kappa shape index (κ1) is 13.5. The van der Waals surface area contributed by atoms with Crippen LogP contribution < -0.4 is 0 Å². The van der Waals surface area contributed by atoms with Gasteiger partial charge < -0.3 is 9.64 Å². The van der Waals surface area contributed by atoms with Crippen molar-refractivity contribution in [1.82, 2.24) is 9.88 Å². The minimum Gasteiger partial charge on any atom is -0.381 e. The van der Waals surface area contributed by atoms with Crippen molar-refractivity contribution in [3.05, 3.63) is 29.1 Å². The van der Waals surface area contributed by atoms with E-state index in [2.05, 4.69) is 38.1 Å². The van der Waals surface area contributed by atoms with E-state index in [-0.39, 0.29) is 0 Å². The minimum absolute atomic E-state index is 0.556. The number of aromatic nitrogens is 1. The SMILES string of the molecule is CCc1ccc([C@@H]2CCOC2)c(CCN(C)C)n1. The zero-order valence-electron chi connectivity index (χ0n) is 11.8. The quantitative estimate of drug-likeness (QED) is 0.799. The van der Waals surface area contributed by atoms with Crippen molar-refractivity contribution < 1.29 is 4.74 Å². The molecule has 1 aliphatic rings. The van der Waals surface area contributed by atoms with Gasteiger partial charge in [0.25, 0.3) is 0 Å². The molecule has 1 fully saturated rings. The maximum Gasteiger partial charge on any atom is 0.0536 e. The Labute approximate surface area is 110 Å². The fourth-order valence-corrected chi connectivity index (χ4v) is 2.44. The van der Waals surface area contributed by atoms with E-state index >= 15 is 0 Å². The van der Waals surface area contributed by atoms with Crippen molar-refractivity contribution in [3.8, 4) is 0 Å². The lowest BCUT2D eigenvalue weighted by atomic mass is 9.95. The molecule has 0 radical (unpaired) electrons. The van der Waals surface area contributed by atoms with Crippen LogP contribution in [-0.4, -0.2) is 43.7 Å². The molecule has 0 amide bonds. The van der Waals surface area contributed by atoms with Crippen LogP contribution in [0.2, 0.25) is 0 Å². The van der Waals surface area contributed by atoms with Crippen LogP contribution in [0.3, 0.4) is 0 Å². The maximum absolute atomic E-state index is 5.51. The Hall–Kier alpha value is -0.930. The van der Waals surface area contributed by atoms with Gasteiger partial charge in [0.05, 0.1) is 6.61 Å². The molecule has 2 heterocycles. The second kappa shape index (κ2) is 6.30. The van der Waals surface area contributed by atoms with E-state index in [1.54, 1.807) is 0 Å². The molecule has 0 bridgehead atoms. The summed E-state index contributed by atoms with van der Waals surface area (Å²) in [5.74, 6) is 0.556. The highest BCUT2D eigenvalue weighted by Crippen LogP contribution is 2.27. The standard InChI is InChI=1S/C15H24N2O/c1-4-13-5-6-14(12-8-10-18-11-12)15(16-13)7-9-17(2)3/h5-6,12H,4,7-11H2,1-3H3/t12-/m1/s1. The summed E-state index contributed by atoms with van der Waals surface area (Å²) in [6.45, 7) is 4.98. The summed E-state index contributed by atoms with van der Waals surface area (Å²) >= 11 is 0. The van der Waals surface area contributed by atoms with Gasteiger partial charge in [-0.05, 0) is 38.6 Å². The number of rotatable bonds is 5. The molecule has 1 aromatic heterocycles. The second-order valence-electron chi connectivity index (χ2n) is 5.31. The molecule has 0 spiro atoms. The molecule has 100 valence electrons. The van der Waals surface area contributed by atoms with Crippen LogP contribution in [-0.2, 0) is 17.6 Å². The smallest absolute Gasteiger partial charge is 0.0536 e. The van der Waals surface area contributed by atoms with Crippen LogP contribution in [0.4, 0.5) is 0 Å². The fourth-order valence-electron chi connectivity index (χ4n) is 2.44. The van der Waals surface area contributed by atoms with Crippen molar-refractivity contribution >= 4 is 0 Å². The number of ether oxygens (including phenoxy) is 1. The fraction of sp³-hybridized carbons (Fsp3) is 0.667. The molecule has 18 heavy (non-hydrogen) atoms. The van der Waals surface area contributed by atoms with Crippen LogP contribution in [0.25, 0.3) is 0 Å². The predicted octanol–water partition coefficient (Wildman–Crippen LogP) is 2.25. The molecule has 1 atom stereocenters. The van der Waals surface area contributed by atoms with Crippen molar-refractivity contribution in [3.63, 3.8) is 0 Å². The zero-order chi connectivity index (χ0) is 13.0. The first-order chi connectivity index (χ1) is 8.70. The molecule has 0 N–H and O–H groups in total. The van der Waals surface area contributed by atoms with E-state index in [0.717, 1.165) is 39.0 Å². The topological polar surface area (TPSA) is 25.4 Å². The highest BCUT2D eigenvalue weighted by molar-refractivity contribution is 5.28. The Kier molecular flexibility index (Phi) is 4.72. The molecule has 3 nitrogen and oxygen atoms in total. The van der Waals surface area contributed by atoms with E-state index < -0.39 is 0 Å². The van der Waals surface area contributed by atoms with Crippen LogP contribution in [0.1, 0.15) is 36.2 Å². The van der Waals surface area contributed by atoms with E-state index in [1.165, 1.54) is 17.0 Å². The van der Waals surface area contributed by atoms with Crippen LogP contribution in [0, 0.1) is 0 Å². The van der Waals surface area contributed by atoms with Gasteiger partial charge in [0.15, 0.2) is 0 Å². The van der Waals surface area contributed by atoms with Gasteiger partial charge in [0, 0.05) is 36.9 Å². The number of nitrogens with zero attached hydrogens (tertiary/aromatic N) is 2. The summed E-state index contributed by atoms with van der Waals surface area (Å²) in [5, 5.41) is 0. The molecule has 0 aliphatic carbocycles. The average Bonchev–Trinajstić information content (AvgIpc) is 2.89. The maximum atomic E-state index is 5.51. The van der Waals surface area contributed by atoms with E-state index in [1.807, 2.05) is 0 Å². The first-order valence-electron chi connectivity index (χ1n) is 6.92. The molecular weight excluding hydrogens is 224 g/mol. The normalized spacial score (nSPS) is 19.7. The second-order valence-corrected chi connectivity index (χ2v) is 5.31. The third-order valence-electron chi connectivity index (χ3n) is 3.59. The summed E-state index contributed by atoms with van der Waals surface area (Å²) < 4.78 is 5.51. The first-order valence-corrected chi connectivity index (χ1v) is 6.92. The monoisotopic (exact) mass is 248 g/mol. The molecule has 3 heteroatoms. The highest BCUT2D eigenvalue weighted by atomic mass is 16.5. The van der Waals surface area contributed by atoms with Gasteiger partial charge in [-0.1, -0.05) is 13.0 Å². The Morgan fingerprint density at radius 1 is 1.39 bits per heavy atom. The Balaban J connectivity index is 2.20. The average molecular weight is 248 g/mol. The lowest BCUT2D eigenvalue weighted by Crippen LogP contribution is -2.17. The summed E-state index contributed by atoms with van der Waals surface area (Å²) in [5.41, 5.74) is 3.89. The Morgan fingerprint density at radius 2 is 2.22 bits per heavy atom. The summed E-state index contributed by atoms with van der Waals surface area (Å²) in [7, 11) is 4.23. The van der Waals surface area contributed by atoms with Crippen molar-refractivity contribution in [1.29, 1.82) is 0 Å². The third kappa shape index (κ3) is 3.30. The Morgan fingerprint density at radius 3 is 2.83 bits per heavy atom. The lowest BCUT2D eigenvalue weighted by molar-refractivity contribution is 0.193. The predicted molar refractivity (Wildman–Crippen MR) is 74.1 cm³/mol.